The number of rotatable bonds is 8. The molecule has 2 aromatic rings. The van der Waals surface area contributed by atoms with Crippen LogP contribution >= 0.6 is 0 Å². The molecule has 0 aliphatic carbocycles. The lowest BCUT2D eigenvalue weighted by atomic mass is 10.1. The maximum atomic E-state index is 6.10. The number of nitrogens with zero attached hydrogens (tertiary/aromatic N) is 1. The summed E-state index contributed by atoms with van der Waals surface area (Å²) in [6.07, 6.45) is 1.22. The number of fused-ring (bicyclic) bond motifs is 1. The largest absolute Gasteiger partial charge is 0.459 e. The molecule has 1 atom stereocenters. The molecule has 1 aromatic carbocycles. The van der Waals surface area contributed by atoms with E-state index < -0.39 is 0 Å². The topological polar surface area (TPSA) is 28.4 Å². The molecule has 1 aromatic heterocycles. The molecule has 0 amide bonds. The van der Waals surface area contributed by atoms with Gasteiger partial charge >= 0.3 is 0 Å². The van der Waals surface area contributed by atoms with Crippen LogP contribution in [-0.2, 0) is 13.1 Å². The monoisotopic (exact) mass is 288 g/mol. The summed E-state index contributed by atoms with van der Waals surface area (Å²) >= 11 is 0. The number of furan rings is 1. The molecule has 116 valence electrons. The van der Waals surface area contributed by atoms with Gasteiger partial charge in [-0.3, -0.25) is 4.90 Å². The maximum Gasteiger partial charge on any atom is 0.134 e. The molecule has 0 radical (unpaired) electrons. The Labute approximate surface area is 128 Å². The van der Waals surface area contributed by atoms with Crippen LogP contribution in [0.1, 0.15) is 38.5 Å². The minimum atomic E-state index is 0.719. The Morgan fingerprint density at radius 2 is 2.00 bits per heavy atom. The average Bonchev–Trinajstić information content (AvgIpc) is 2.82. The molecule has 21 heavy (non-hydrogen) atoms. The number of hydrogen-bond acceptors (Lipinski definition) is 3. The van der Waals surface area contributed by atoms with E-state index in [9.17, 15) is 0 Å². The van der Waals surface area contributed by atoms with Gasteiger partial charge in [-0.05, 0) is 25.6 Å². The molecule has 0 aliphatic heterocycles. The Morgan fingerprint density at radius 1 is 1.24 bits per heavy atom. The van der Waals surface area contributed by atoms with Gasteiger partial charge < -0.3 is 9.73 Å². The molecule has 0 bridgehead atoms. The molecule has 2 rings (SSSR count). The van der Waals surface area contributed by atoms with Crippen molar-refractivity contribution in [1.82, 2.24) is 10.2 Å². The van der Waals surface area contributed by atoms with Crippen molar-refractivity contribution in [3.8, 4) is 0 Å². The highest BCUT2D eigenvalue weighted by Crippen LogP contribution is 2.27. The van der Waals surface area contributed by atoms with Gasteiger partial charge in [-0.1, -0.05) is 45.4 Å². The van der Waals surface area contributed by atoms with Crippen molar-refractivity contribution >= 4 is 11.0 Å². The molecule has 0 spiro atoms. The predicted octanol–water partition coefficient (Wildman–Crippen LogP) is 4.02. The van der Waals surface area contributed by atoms with E-state index in [-0.39, 0.29) is 0 Å². The number of para-hydroxylation sites is 1. The lowest BCUT2D eigenvalue weighted by molar-refractivity contribution is 0.255. The first-order valence-electron chi connectivity index (χ1n) is 8.04. The summed E-state index contributed by atoms with van der Waals surface area (Å²) in [6, 6.07) is 8.34. The number of benzene rings is 1. The summed E-state index contributed by atoms with van der Waals surface area (Å²) < 4.78 is 6.10. The minimum absolute atomic E-state index is 0.719. The zero-order chi connectivity index (χ0) is 15.2. The molecule has 3 heteroatoms. The van der Waals surface area contributed by atoms with Crippen molar-refractivity contribution in [2.45, 2.75) is 40.3 Å². The van der Waals surface area contributed by atoms with Gasteiger partial charge in [-0.2, -0.15) is 0 Å². The third-order valence-electron chi connectivity index (χ3n) is 4.07. The van der Waals surface area contributed by atoms with E-state index in [0.717, 1.165) is 43.4 Å². The molecule has 3 nitrogen and oxygen atoms in total. The van der Waals surface area contributed by atoms with Crippen LogP contribution in [-0.4, -0.2) is 25.0 Å². The highest BCUT2D eigenvalue weighted by molar-refractivity contribution is 5.82. The minimum Gasteiger partial charge on any atom is -0.459 e. The van der Waals surface area contributed by atoms with Gasteiger partial charge in [0.2, 0.25) is 0 Å². The van der Waals surface area contributed by atoms with Crippen LogP contribution in [0.5, 0.6) is 0 Å². The van der Waals surface area contributed by atoms with Gasteiger partial charge in [0.15, 0.2) is 0 Å². The summed E-state index contributed by atoms with van der Waals surface area (Å²) in [6.45, 7) is 10.5. The Morgan fingerprint density at radius 3 is 2.71 bits per heavy atom. The van der Waals surface area contributed by atoms with E-state index in [0.29, 0.717) is 0 Å². The van der Waals surface area contributed by atoms with Gasteiger partial charge in [-0.15, -0.1) is 0 Å². The van der Waals surface area contributed by atoms with Gasteiger partial charge in [0.05, 0.1) is 6.54 Å². The van der Waals surface area contributed by atoms with E-state index in [1.165, 1.54) is 17.4 Å². The predicted molar refractivity (Wildman–Crippen MR) is 89.4 cm³/mol. The lowest BCUT2D eigenvalue weighted by Crippen LogP contribution is -2.24. The fourth-order valence-corrected chi connectivity index (χ4v) is 2.69. The van der Waals surface area contributed by atoms with Crippen molar-refractivity contribution in [3.05, 3.63) is 35.6 Å². The molecule has 0 saturated carbocycles. The highest BCUT2D eigenvalue weighted by atomic mass is 16.3. The third-order valence-corrected chi connectivity index (χ3v) is 4.07. The Kier molecular flexibility index (Phi) is 5.83. The van der Waals surface area contributed by atoms with Crippen LogP contribution < -0.4 is 5.32 Å². The van der Waals surface area contributed by atoms with E-state index in [1.54, 1.807) is 0 Å². The van der Waals surface area contributed by atoms with Crippen molar-refractivity contribution < 1.29 is 4.42 Å². The summed E-state index contributed by atoms with van der Waals surface area (Å²) in [5.74, 6) is 1.82. The van der Waals surface area contributed by atoms with Crippen LogP contribution in [0.15, 0.2) is 28.7 Å². The molecular formula is C18H28N2O. The number of nitrogens with one attached hydrogen (secondary N) is 1. The van der Waals surface area contributed by atoms with Crippen molar-refractivity contribution in [3.63, 3.8) is 0 Å². The fourth-order valence-electron chi connectivity index (χ4n) is 2.69. The highest BCUT2D eigenvalue weighted by Gasteiger charge is 2.15. The molecule has 1 N–H and O–H groups in total. The van der Waals surface area contributed by atoms with Gasteiger partial charge in [0, 0.05) is 24.0 Å². The third kappa shape index (κ3) is 4.08. The van der Waals surface area contributed by atoms with E-state index in [1.807, 2.05) is 6.07 Å². The SMILES string of the molecule is CCNCc1c(CN(C)CC(C)CC)oc2ccccc12. The lowest BCUT2D eigenvalue weighted by Gasteiger charge is -2.19. The Balaban J connectivity index is 2.21. The summed E-state index contributed by atoms with van der Waals surface area (Å²) in [7, 11) is 2.18. The molecule has 0 fully saturated rings. The first kappa shape index (κ1) is 16.1. The zero-order valence-electron chi connectivity index (χ0n) is 13.8. The van der Waals surface area contributed by atoms with Crippen molar-refractivity contribution in [1.29, 1.82) is 0 Å². The Hall–Kier alpha value is -1.32. The Bertz CT molecular complexity index is 561. The van der Waals surface area contributed by atoms with Gasteiger partial charge in [-0.25, -0.2) is 0 Å². The molecule has 1 heterocycles. The fraction of sp³-hybridized carbons (Fsp3) is 0.556. The van der Waals surface area contributed by atoms with Gasteiger partial charge in [0.1, 0.15) is 11.3 Å². The molecular weight excluding hydrogens is 260 g/mol. The van der Waals surface area contributed by atoms with E-state index in [2.05, 4.69) is 56.2 Å². The van der Waals surface area contributed by atoms with E-state index >= 15 is 0 Å². The number of hydrogen-bond donors (Lipinski definition) is 1. The second kappa shape index (κ2) is 7.62. The standard InChI is InChI=1S/C18H28N2O/c1-5-14(3)12-20(4)13-18-16(11-19-6-2)15-9-7-8-10-17(15)21-18/h7-10,14,19H,5-6,11-13H2,1-4H3. The van der Waals surface area contributed by atoms with Crippen LogP contribution in [0, 0.1) is 5.92 Å². The second-order valence-corrected chi connectivity index (χ2v) is 5.99. The first-order chi connectivity index (χ1) is 10.2. The molecule has 0 saturated heterocycles. The average molecular weight is 288 g/mol. The van der Waals surface area contributed by atoms with E-state index in [4.69, 9.17) is 4.42 Å². The first-order valence-corrected chi connectivity index (χ1v) is 8.04. The van der Waals surface area contributed by atoms with Crippen molar-refractivity contribution in [2.75, 3.05) is 20.1 Å². The zero-order valence-corrected chi connectivity index (χ0v) is 13.8. The quantitative estimate of drug-likeness (QED) is 0.795. The van der Waals surface area contributed by atoms with Crippen molar-refractivity contribution in [2.24, 2.45) is 5.92 Å². The second-order valence-electron chi connectivity index (χ2n) is 5.99. The van der Waals surface area contributed by atoms with Gasteiger partial charge in [0.25, 0.3) is 0 Å². The summed E-state index contributed by atoms with van der Waals surface area (Å²) in [4.78, 5) is 2.36. The molecule has 0 aliphatic rings. The van der Waals surface area contributed by atoms with Crippen LogP contribution in [0.2, 0.25) is 0 Å². The normalized spacial score (nSPS) is 13.2. The van der Waals surface area contributed by atoms with Crippen LogP contribution in [0.4, 0.5) is 0 Å². The molecule has 1 unspecified atom stereocenters. The van der Waals surface area contributed by atoms with Crippen LogP contribution in [0.25, 0.3) is 11.0 Å². The van der Waals surface area contributed by atoms with Crippen LogP contribution in [0.3, 0.4) is 0 Å². The summed E-state index contributed by atoms with van der Waals surface area (Å²) in [5, 5.41) is 4.67. The maximum absolute atomic E-state index is 6.10. The summed E-state index contributed by atoms with van der Waals surface area (Å²) in [5.41, 5.74) is 2.31. The smallest absolute Gasteiger partial charge is 0.134 e.